The average Bonchev–Trinajstić information content (AvgIpc) is 2.75. The summed E-state index contributed by atoms with van der Waals surface area (Å²) in [5.74, 6) is 1.30. The maximum absolute atomic E-state index is 11.1. The summed E-state index contributed by atoms with van der Waals surface area (Å²) in [4.78, 5) is 21.7. The topological polar surface area (TPSA) is 46.1 Å². The summed E-state index contributed by atoms with van der Waals surface area (Å²) in [5, 5.41) is 0.254. The first kappa shape index (κ1) is 12.3. The highest BCUT2D eigenvalue weighted by Gasteiger charge is 2.27. The van der Waals surface area contributed by atoms with Crippen LogP contribution in [-0.4, -0.2) is 28.8 Å². The predicted molar refractivity (Wildman–Crippen MR) is 67.8 cm³/mol. The summed E-state index contributed by atoms with van der Waals surface area (Å²) in [7, 11) is 0. The third-order valence-electron chi connectivity index (χ3n) is 3.23. The van der Waals surface area contributed by atoms with E-state index in [1.54, 1.807) is 6.92 Å². The van der Waals surface area contributed by atoms with Crippen LogP contribution in [0.2, 0.25) is 5.15 Å². The first-order valence-corrected chi connectivity index (χ1v) is 6.31. The van der Waals surface area contributed by atoms with Gasteiger partial charge in [0.05, 0.1) is 5.56 Å². The maximum atomic E-state index is 11.1. The third kappa shape index (κ3) is 2.27. The maximum Gasteiger partial charge on any atom is 0.156 e. The van der Waals surface area contributed by atoms with E-state index in [1.807, 2.05) is 0 Å². The van der Waals surface area contributed by atoms with Gasteiger partial charge in [0.15, 0.2) is 6.29 Å². The summed E-state index contributed by atoms with van der Waals surface area (Å²) in [6.07, 6.45) is 4.09. The lowest BCUT2D eigenvalue weighted by Crippen LogP contribution is -2.30. The smallest absolute Gasteiger partial charge is 0.156 e. The Morgan fingerprint density at radius 3 is 2.94 bits per heavy atom. The molecule has 1 fully saturated rings. The fourth-order valence-electron chi connectivity index (χ4n) is 2.39. The molecule has 0 N–H and O–H groups in total. The lowest BCUT2D eigenvalue weighted by atomic mass is 10.1. The van der Waals surface area contributed by atoms with Gasteiger partial charge in [0.2, 0.25) is 0 Å². The molecule has 1 aliphatic heterocycles. The van der Waals surface area contributed by atoms with E-state index in [0.29, 0.717) is 23.2 Å². The van der Waals surface area contributed by atoms with Crippen LogP contribution in [0.3, 0.4) is 0 Å². The van der Waals surface area contributed by atoms with Crippen LogP contribution in [0.25, 0.3) is 0 Å². The van der Waals surface area contributed by atoms with Crippen LogP contribution in [0, 0.1) is 6.92 Å². The molecule has 0 aliphatic carbocycles. The van der Waals surface area contributed by atoms with Crippen molar-refractivity contribution < 1.29 is 4.79 Å². The van der Waals surface area contributed by atoms with Crippen LogP contribution in [-0.2, 0) is 0 Å². The van der Waals surface area contributed by atoms with Crippen LogP contribution in [0.1, 0.15) is 42.4 Å². The van der Waals surface area contributed by atoms with E-state index in [1.165, 1.54) is 0 Å². The van der Waals surface area contributed by atoms with Crippen LogP contribution in [0.15, 0.2) is 0 Å². The lowest BCUT2D eigenvalue weighted by Gasteiger charge is -2.26. The summed E-state index contributed by atoms with van der Waals surface area (Å²) < 4.78 is 0. The zero-order valence-corrected chi connectivity index (χ0v) is 10.9. The van der Waals surface area contributed by atoms with Gasteiger partial charge >= 0.3 is 0 Å². The van der Waals surface area contributed by atoms with Gasteiger partial charge in [-0.05, 0) is 26.2 Å². The minimum Gasteiger partial charge on any atom is -0.353 e. The molecule has 0 bridgehead atoms. The van der Waals surface area contributed by atoms with Gasteiger partial charge in [-0.25, -0.2) is 9.97 Å². The molecule has 17 heavy (non-hydrogen) atoms. The molecule has 5 heteroatoms. The molecule has 0 radical (unpaired) electrons. The van der Waals surface area contributed by atoms with Crippen LogP contribution < -0.4 is 4.90 Å². The normalized spacial score (nSPS) is 19.7. The van der Waals surface area contributed by atoms with E-state index in [2.05, 4.69) is 21.8 Å². The van der Waals surface area contributed by atoms with Crippen LogP contribution in [0.4, 0.5) is 5.82 Å². The molecule has 0 saturated carbocycles. The monoisotopic (exact) mass is 253 g/mol. The molecule has 0 amide bonds. The highest BCUT2D eigenvalue weighted by atomic mass is 35.5. The van der Waals surface area contributed by atoms with Crippen molar-refractivity contribution in [3.63, 3.8) is 0 Å². The van der Waals surface area contributed by atoms with Gasteiger partial charge < -0.3 is 4.90 Å². The van der Waals surface area contributed by atoms with E-state index in [9.17, 15) is 4.79 Å². The number of carbonyl (C=O) groups is 1. The Hall–Kier alpha value is -1.16. The minimum atomic E-state index is 0.254. The quantitative estimate of drug-likeness (QED) is 0.614. The highest BCUT2D eigenvalue weighted by molar-refractivity contribution is 6.32. The number of hydrogen-bond donors (Lipinski definition) is 0. The molecule has 1 atom stereocenters. The molecule has 4 nitrogen and oxygen atoms in total. The third-order valence-corrected chi connectivity index (χ3v) is 3.52. The number of rotatable bonds is 3. The first-order valence-electron chi connectivity index (χ1n) is 5.93. The molecule has 92 valence electrons. The number of nitrogens with zero attached hydrogens (tertiary/aromatic N) is 3. The SMILES string of the molecule is CCC1CCCN1c1nc(C)nc(Cl)c1C=O. The fourth-order valence-corrected chi connectivity index (χ4v) is 2.64. The van der Waals surface area contributed by atoms with Gasteiger partial charge in [0.25, 0.3) is 0 Å². The fraction of sp³-hybridized carbons (Fsp3) is 0.583. The second-order valence-electron chi connectivity index (χ2n) is 4.31. The van der Waals surface area contributed by atoms with Gasteiger partial charge in [-0.15, -0.1) is 0 Å². The molecule has 2 heterocycles. The van der Waals surface area contributed by atoms with Crippen molar-refractivity contribution >= 4 is 23.7 Å². The Kier molecular flexibility index (Phi) is 3.62. The van der Waals surface area contributed by atoms with Crippen molar-refractivity contribution in [2.24, 2.45) is 0 Å². The van der Waals surface area contributed by atoms with Crippen molar-refractivity contribution in [1.82, 2.24) is 9.97 Å². The zero-order valence-electron chi connectivity index (χ0n) is 10.1. The molecule has 0 spiro atoms. The number of hydrogen-bond acceptors (Lipinski definition) is 4. The highest BCUT2D eigenvalue weighted by Crippen LogP contribution is 2.30. The van der Waals surface area contributed by atoms with Crippen molar-refractivity contribution in [2.45, 2.75) is 39.2 Å². The molecule has 1 saturated heterocycles. The number of halogens is 1. The Labute approximate surface area is 106 Å². The van der Waals surface area contributed by atoms with Gasteiger partial charge in [-0.3, -0.25) is 4.79 Å². The molecular formula is C12H16ClN3O. The summed E-state index contributed by atoms with van der Waals surface area (Å²) in [6.45, 7) is 4.88. The molecule has 1 aromatic heterocycles. The summed E-state index contributed by atoms with van der Waals surface area (Å²) >= 11 is 6.00. The van der Waals surface area contributed by atoms with E-state index in [-0.39, 0.29) is 5.15 Å². The van der Waals surface area contributed by atoms with E-state index in [0.717, 1.165) is 32.1 Å². The molecule has 0 aromatic carbocycles. The zero-order chi connectivity index (χ0) is 12.4. The average molecular weight is 254 g/mol. The minimum absolute atomic E-state index is 0.254. The van der Waals surface area contributed by atoms with E-state index < -0.39 is 0 Å². The first-order chi connectivity index (χ1) is 8.17. The lowest BCUT2D eigenvalue weighted by molar-refractivity contribution is 0.112. The Morgan fingerprint density at radius 2 is 2.29 bits per heavy atom. The largest absolute Gasteiger partial charge is 0.353 e. The molecule has 2 rings (SSSR count). The molecule has 1 aliphatic rings. The number of aromatic nitrogens is 2. The Morgan fingerprint density at radius 1 is 1.53 bits per heavy atom. The number of aryl methyl sites for hydroxylation is 1. The van der Waals surface area contributed by atoms with Gasteiger partial charge in [-0.1, -0.05) is 18.5 Å². The predicted octanol–water partition coefficient (Wildman–Crippen LogP) is 2.63. The van der Waals surface area contributed by atoms with Crippen LogP contribution in [0.5, 0.6) is 0 Å². The standard InChI is InChI=1S/C12H16ClN3O/c1-3-9-5-4-6-16(9)12-10(7-17)11(13)14-8(2)15-12/h7,9H,3-6H2,1-2H3. The Balaban J connectivity index is 2.46. The van der Waals surface area contributed by atoms with Gasteiger partial charge in [0, 0.05) is 12.6 Å². The van der Waals surface area contributed by atoms with E-state index in [4.69, 9.17) is 11.6 Å². The van der Waals surface area contributed by atoms with Crippen molar-refractivity contribution in [3.8, 4) is 0 Å². The summed E-state index contributed by atoms with van der Waals surface area (Å²) in [5.41, 5.74) is 0.414. The number of carbonyl (C=O) groups excluding carboxylic acids is 1. The second-order valence-corrected chi connectivity index (χ2v) is 4.67. The van der Waals surface area contributed by atoms with Crippen molar-refractivity contribution in [2.75, 3.05) is 11.4 Å². The van der Waals surface area contributed by atoms with E-state index >= 15 is 0 Å². The van der Waals surface area contributed by atoms with Gasteiger partial charge in [0.1, 0.15) is 16.8 Å². The molecule has 1 aromatic rings. The second kappa shape index (κ2) is 5.00. The molecular weight excluding hydrogens is 238 g/mol. The van der Waals surface area contributed by atoms with Crippen LogP contribution >= 0.6 is 11.6 Å². The Bertz CT molecular complexity index is 436. The van der Waals surface area contributed by atoms with Crippen molar-refractivity contribution in [1.29, 1.82) is 0 Å². The summed E-state index contributed by atoms with van der Waals surface area (Å²) in [6, 6.07) is 0.457. The number of anilines is 1. The van der Waals surface area contributed by atoms with Gasteiger partial charge in [-0.2, -0.15) is 0 Å². The van der Waals surface area contributed by atoms with Crippen molar-refractivity contribution in [3.05, 3.63) is 16.5 Å². The number of aldehydes is 1. The molecule has 1 unspecified atom stereocenters.